The summed E-state index contributed by atoms with van der Waals surface area (Å²) in [5.74, 6) is -1.27. The van der Waals surface area contributed by atoms with Crippen molar-refractivity contribution in [3.63, 3.8) is 0 Å². The van der Waals surface area contributed by atoms with E-state index in [4.69, 9.17) is 0 Å². The topological polar surface area (TPSA) is 65.5 Å². The molecule has 0 aliphatic carbocycles. The Labute approximate surface area is 157 Å². The van der Waals surface area contributed by atoms with Crippen molar-refractivity contribution in [3.8, 4) is 0 Å². The van der Waals surface area contributed by atoms with Crippen LogP contribution in [0.1, 0.15) is 23.5 Å². The number of benzene rings is 1. The summed E-state index contributed by atoms with van der Waals surface area (Å²) in [6.07, 6.45) is 3.71. The number of carbonyl (C=O) groups is 2. The molecule has 140 valence electrons. The van der Waals surface area contributed by atoms with Gasteiger partial charge in [-0.3, -0.25) is 19.5 Å². The third-order valence-electron chi connectivity index (χ3n) is 5.17. The van der Waals surface area contributed by atoms with Crippen LogP contribution in [0.25, 0.3) is 0 Å². The second-order valence-corrected chi connectivity index (χ2v) is 7.00. The monoisotopic (exact) mass is 368 g/mol. The number of carbonyl (C=O) groups excluding carboxylic acids is 2. The molecule has 0 spiro atoms. The summed E-state index contributed by atoms with van der Waals surface area (Å²) in [6.45, 7) is 3.59. The van der Waals surface area contributed by atoms with Crippen LogP contribution in [-0.4, -0.2) is 52.8 Å². The second-order valence-electron chi connectivity index (χ2n) is 7.00. The predicted octanol–water partition coefficient (Wildman–Crippen LogP) is 1.99. The molecule has 1 aromatic heterocycles. The fourth-order valence-corrected chi connectivity index (χ4v) is 3.75. The highest BCUT2D eigenvalue weighted by atomic mass is 19.1. The van der Waals surface area contributed by atoms with Gasteiger partial charge in [-0.1, -0.05) is 12.1 Å². The minimum Gasteiger partial charge on any atom is -0.340 e. The SMILES string of the molecule is O=C1CC(C(=O)N2CCN(Cc3cccnc3)CC2)c2ccc(F)cc2N1. The van der Waals surface area contributed by atoms with E-state index in [9.17, 15) is 14.0 Å². The smallest absolute Gasteiger partial charge is 0.230 e. The summed E-state index contributed by atoms with van der Waals surface area (Å²) >= 11 is 0. The number of amides is 2. The average molecular weight is 368 g/mol. The molecule has 1 saturated heterocycles. The fraction of sp³-hybridized carbons (Fsp3) is 0.350. The van der Waals surface area contributed by atoms with Crippen LogP contribution in [0.4, 0.5) is 10.1 Å². The maximum absolute atomic E-state index is 13.5. The Morgan fingerprint density at radius 1 is 1.22 bits per heavy atom. The van der Waals surface area contributed by atoms with Crippen LogP contribution in [0.2, 0.25) is 0 Å². The number of halogens is 1. The van der Waals surface area contributed by atoms with Gasteiger partial charge in [-0.25, -0.2) is 4.39 Å². The van der Waals surface area contributed by atoms with Gasteiger partial charge in [-0.05, 0) is 29.3 Å². The molecule has 27 heavy (non-hydrogen) atoms. The Hall–Kier alpha value is -2.80. The molecule has 3 heterocycles. The summed E-state index contributed by atoms with van der Waals surface area (Å²) in [5.41, 5.74) is 2.25. The zero-order valence-corrected chi connectivity index (χ0v) is 14.9. The number of nitrogens with one attached hydrogen (secondary N) is 1. The van der Waals surface area contributed by atoms with Gasteiger partial charge in [0.15, 0.2) is 0 Å². The van der Waals surface area contributed by atoms with E-state index in [2.05, 4.69) is 15.2 Å². The number of pyridine rings is 1. The first kappa shape index (κ1) is 17.6. The summed E-state index contributed by atoms with van der Waals surface area (Å²) in [5, 5.41) is 2.66. The lowest BCUT2D eigenvalue weighted by Gasteiger charge is -2.37. The largest absolute Gasteiger partial charge is 0.340 e. The molecule has 1 fully saturated rings. The van der Waals surface area contributed by atoms with Crippen LogP contribution < -0.4 is 5.32 Å². The van der Waals surface area contributed by atoms with Crippen molar-refractivity contribution >= 4 is 17.5 Å². The van der Waals surface area contributed by atoms with E-state index in [0.717, 1.165) is 25.2 Å². The van der Waals surface area contributed by atoms with Crippen molar-refractivity contribution < 1.29 is 14.0 Å². The van der Waals surface area contributed by atoms with Gasteiger partial charge in [0.25, 0.3) is 0 Å². The minimum absolute atomic E-state index is 0.0567. The summed E-state index contributed by atoms with van der Waals surface area (Å²) in [4.78, 5) is 33.2. The number of rotatable bonds is 3. The van der Waals surface area contributed by atoms with E-state index in [1.807, 2.05) is 23.2 Å². The van der Waals surface area contributed by atoms with Crippen LogP contribution in [0.15, 0.2) is 42.7 Å². The Balaban J connectivity index is 1.42. The van der Waals surface area contributed by atoms with E-state index in [0.29, 0.717) is 24.3 Å². The molecule has 6 nitrogen and oxygen atoms in total. The predicted molar refractivity (Wildman–Crippen MR) is 98.5 cm³/mol. The van der Waals surface area contributed by atoms with Gasteiger partial charge in [0.05, 0.1) is 5.92 Å². The molecule has 1 atom stereocenters. The zero-order chi connectivity index (χ0) is 18.8. The van der Waals surface area contributed by atoms with Crippen molar-refractivity contribution in [2.45, 2.75) is 18.9 Å². The highest BCUT2D eigenvalue weighted by molar-refractivity contribution is 6.01. The van der Waals surface area contributed by atoms with Gasteiger partial charge in [-0.15, -0.1) is 0 Å². The van der Waals surface area contributed by atoms with Crippen LogP contribution in [-0.2, 0) is 16.1 Å². The molecule has 2 aliphatic rings. The molecule has 1 unspecified atom stereocenters. The van der Waals surface area contributed by atoms with Crippen molar-refractivity contribution in [2.24, 2.45) is 0 Å². The molecule has 1 aromatic carbocycles. The van der Waals surface area contributed by atoms with E-state index >= 15 is 0 Å². The molecule has 2 aliphatic heterocycles. The molecule has 4 rings (SSSR count). The third kappa shape index (κ3) is 3.83. The Kier molecular flexibility index (Phi) is 4.85. The van der Waals surface area contributed by atoms with Crippen LogP contribution >= 0.6 is 0 Å². The lowest BCUT2D eigenvalue weighted by molar-refractivity contribution is -0.136. The quantitative estimate of drug-likeness (QED) is 0.900. The summed E-state index contributed by atoms with van der Waals surface area (Å²) in [7, 11) is 0. The number of aromatic nitrogens is 1. The molecule has 0 bridgehead atoms. The van der Waals surface area contributed by atoms with Crippen molar-refractivity contribution in [2.75, 3.05) is 31.5 Å². The molecular weight excluding hydrogens is 347 g/mol. The molecule has 2 amide bonds. The van der Waals surface area contributed by atoms with Crippen molar-refractivity contribution in [3.05, 3.63) is 59.7 Å². The number of hydrogen-bond acceptors (Lipinski definition) is 4. The number of hydrogen-bond donors (Lipinski definition) is 1. The molecule has 7 heteroatoms. The highest BCUT2D eigenvalue weighted by Gasteiger charge is 2.34. The normalized spacial score (nSPS) is 20.1. The number of fused-ring (bicyclic) bond motifs is 1. The van der Waals surface area contributed by atoms with Crippen molar-refractivity contribution in [1.29, 1.82) is 0 Å². The van der Waals surface area contributed by atoms with Gasteiger partial charge >= 0.3 is 0 Å². The van der Waals surface area contributed by atoms with Crippen LogP contribution in [0, 0.1) is 5.82 Å². The van der Waals surface area contributed by atoms with Gasteiger partial charge in [0, 0.05) is 57.2 Å². The van der Waals surface area contributed by atoms with E-state index < -0.39 is 11.7 Å². The molecule has 1 N–H and O–H groups in total. The molecule has 0 saturated carbocycles. The van der Waals surface area contributed by atoms with Gasteiger partial charge in [0.2, 0.25) is 11.8 Å². The first-order chi connectivity index (χ1) is 13.1. The summed E-state index contributed by atoms with van der Waals surface area (Å²) < 4.78 is 13.5. The van der Waals surface area contributed by atoms with Crippen LogP contribution in [0.3, 0.4) is 0 Å². The number of piperazine rings is 1. The van der Waals surface area contributed by atoms with Gasteiger partial charge in [0.1, 0.15) is 5.82 Å². The second kappa shape index (κ2) is 7.44. The number of nitrogens with zero attached hydrogens (tertiary/aromatic N) is 3. The minimum atomic E-state index is -0.542. The van der Waals surface area contributed by atoms with Crippen LogP contribution in [0.5, 0.6) is 0 Å². The van der Waals surface area contributed by atoms with Crippen molar-refractivity contribution in [1.82, 2.24) is 14.8 Å². The Morgan fingerprint density at radius 3 is 2.78 bits per heavy atom. The maximum atomic E-state index is 13.5. The Bertz CT molecular complexity index is 850. The van der Waals surface area contributed by atoms with E-state index in [-0.39, 0.29) is 18.2 Å². The Morgan fingerprint density at radius 2 is 2.04 bits per heavy atom. The molecular formula is C20H21FN4O2. The maximum Gasteiger partial charge on any atom is 0.230 e. The average Bonchev–Trinajstić information content (AvgIpc) is 2.68. The lowest BCUT2D eigenvalue weighted by atomic mass is 9.89. The van der Waals surface area contributed by atoms with Gasteiger partial charge in [-0.2, -0.15) is 0 Å². The van der Waals surface area contributed by atoms with Gasteiger partial charge < -0.3 is 10.2 Å². The molecule has 2 aromatic rings. The van der Waals surface area contributed by atoms with E-state index in [1.54, 1.807) is 12.3 Å². The van der Waals surface area contributed by atoms with E-state index in [1.165, 1.54) is 12.1 Å². The fourth-order valence-electron chi connectivity index (χ4n) is 3.75. The summed E-state index contributed by atoms with van der Waals surface area (Å²) in [6, 6.07) is 8.18. The highest BCUT2D eigenvalue weighted by Crippen LogP contribution is 2.34. The zero-order valence-electron chi connectivity index (χ0n) is 14.9. The third-order valence-corrected chi connectivity index (χ3v) is 5.17. The lowest BCUT2D eigenvalue weighted by Crippen LogP contribution is -2.50. The molecule has 0 radical (unpaired) electrons. The number of anilines is 1. The first-order valence-corrected chi connectivity index (χ1v) is 9.09. The standard InChI is InChI=1S/C20H21FN4O2/c21-15-3-4-16-17(11-19(26)23-18(16)10-15)20(27)25-8-6-24(7-9-25)13-14-2-1-5-22-12-14/h1-5,10,12,17H,6-9,11,13H2,(H,23,26). The first-order valence-electron chi connectivity index (χ1n) is 9.09.